The number of aryl methyl sites for hydroxylation is 1. The minimum absolute atomic E-state index is 0. The monoisotopic (exact) mass is 473 g/mol. The highest BCUT2D eigenvalue weighted by Gasteiger charge is 2.09. The number of guanidine groups is 1. The van der Waals surface area contributed by atoms with Gasteiger partial charge in [0.15, 0.2) is 17.5 Å². The van der Waals surface area contributed by atoms with Gasteiger partial charge in [-0.25, -0.2) is 0 Å². The summed E-state index contributed by atoms with van der Waals surface area (Å²) in [7, 11) is 9.04. The van der Waals surface area contributed by atoms with Crippen LogP contribution in [0.1, 0.15) is 11.3 Å². The topological polar surface area (TPSA) is 63.9 Å². The summed E-state index contributed by atoms with van der Waals surface area (Å²) < 4.78 is 12.5. The van der Waals surface area contributed by atoms with Gasteiger partial charge in [-0.2, -0.15) is 5.10 Å². The maximum atomic E-state index is 5.36. The molecule has 26 heavy (non-hydrogen) atoms. The lowest BCUT2D eigenvalue weighted by Gasteiger charge is -2.22. The van der Waals surface area contributed by atoms with Gasteiger partial charge in [0, 0.05) is 33.9 Å². The Morgan fingerprint density at radius 1 is 1.23 bits per heavy atom. The number of aliphatic imine (C=N–C) groups is 1. The molecule has 0 fully saturated rings. The summed E-state index contributed by atoms with van der Waals surface area (Å²) in [6.07, 6.45) is 2.67. The van der Waals surface area contributed by atoms with Gasteiger partial charge in [0.25, 0.3) is 0 Å². The van der Waals surface area contributed by atoms with E-state index in [1.54, 1.807) is 27.5 Å². The summed E-state index contributed by atoms with van der Waals surface area (Å²) in [6, 6.07) is 7.99. The van der Waals surface area contributed by atoms with E-state index in [0.29, 0.717) is 6.54 Å². The first-order valence-electron chi connectivity index (χ1n) is 8.18. The maximum Gasteiger partial charge on any atom is 0.193 e. The van der Waals surface area contributed by atoms with Gasteiger partial charge in [0.05, 0.1) is 26.5 Å². The molecule has 0 aliphatic carbocycles. The van der Waals surface area contributed by atoms with E-state index in [2.05, 4.69) is 26.4 Å². The van der Waals surface area contributed by atoms with Crippen LogP contribution in [0.25, 0.3) is 0 Å². The number of likely N-dealkylation sites (N-methyl/N-ethyl adjacent to an activating group) is 1. The molecule has 0 aliphatic heterocycles. The third-order valence-electron chi connectivity index (χ3n) is 4.11. The van der Waals surface area contributed by atoms with Gasteiger partial charge in [-0.1, -0.05) is 6.07 Å². The molecule has 2 aromatic rings. The number of benzene rings is 1. The van der Waals surface area contributed by atoms with E-state index < -0.39 is 0 Å². The van der Waals surface area contributed by atoms with Crippen molar-refractivity contribution in [2.24, 2.45) is 12.0 Å². The summed E-state index contributed by atoms with van der Waals surface area (Å²) in [5, 5.41) is 7.53. The molecular weight excluding hydrogens is 445 g/mol. The zero-order valence-corrected chi connectivity index (χ0v) is 18.4. The third-order valence-corrected chi connectivity index (χ3v) is 4.11. The average molecular weight is 473 g/mol. The third kappa shape index (κ3) is 5.79. The predicted octanol–water partition coefficient (Wildman–Crippen LogP) is 2.31. The Labute approximate surface area is 172 Å². The molecule has 0 saturated carbocycles. The van der Waals surface area contributed by atoms with Gasteiger partial charge in [-0.3, -0.25) is 9.67 Å². The first kappa shape index (κ1) is 22.1. The normalized spacial score (nSPS) is 10.9. The molecule has 8 heteroatoms. The number of aromatic nitrogens is 2. The van der Waals surface area contributed by atoms with E-state index in [1.807, 2.05) is 37.0 Å². The molecule has 0 radical (unpaired) electrons. The van der Waals surface area contributed by atoms with Crippen molar-refractivity contribution < 1.29 is 9.47 Å². The molecular formula is C18H28IN5O2. The van der Waals surface area contributed by atoms with Gasteiger partial charge < -0.3 is 19.7 Å². The van der Waals surface area contributed by atoms with Crippen molar-refractivity contribution in [3.05, 3.63) is 41.7 Å². The van der Waals surface area contributed by atoms with Gasteiger partial charge >= 0.3 is 0 Å². The highest BCUT2D eigenvalue weighted by Crippen LogP contribution is 2.27. The Bertz CT molecular complexity index is 717. The smallest absolute Gasteiger partial charge is 0.193 e. The molecule has 7 nitrogen and oxygen atoms in total. The second kappa shape index (κ2) is 10.9. The van der Waals surface area contributed by atoms with E-state index in [-0.39, 0.29) is 24.0 Å². The van der Waals surface area contributed by atoms with Crippen LogP contribution < -0.4 is 14.8 Å². The van der Waals surface area contributed by atoms with Crippen molar-refractivity contribution in [1.82, 2.24) is 20.0 Å². The largest absolute Gasteiger partial charge is 0.493 e. The Morgan fingerprint density at radius 3 is 2.54 bits per heavy atom. The molecule has 0 aliphatic rings. The lowest BCUT2D eigenvalue weighted by Crippen LogP contribution is -2.39. The lowest BCUT2D eigenvalue weighted by atomic mass is 10.1. The Kier molecular flexibility index (Phi) is 9.25. The van der Waals surface area contributed by atoms with E-state index >= 15 is 0 Å². The summed E-state index contributed by atoms with van der Waals surface area (Å²) >= 11 is 0. The number of hydrogen-bond donors (Lipinski definition) is 1. The SMILES string of the molecule is CN=C(NCc1ccnn1C)N(C)CCc1ccc(OC)c(OC)c1.I. The summed E-state index contributed by atoms with van der Waals surface area (Å²) in [5.41, 5.74) is 2.29. The fourth-order valence-electron chi connectivity index (χ4n) is 2.57. The van der Waals surface area contributed by atoms with Crippen LogP contribution in [0.5, 0.6) is 11.5 Å². The second-order valence-electron chi connectivity index (χ2n) is 5.71. The Balaban J connectivity index is 0.00000338. The van der Waals surface area contributed by atoms with Crippen molar-refractivity contribution >= 4 is 29.9 Å². The van der Waals surface area contributed by atoms with E-state index in [4.69, 9.17) is 9.47 Å². The van der Waals surface area contributed by atoms with Crippen molar-refractivity contribution in [3.63, 3.8) is 0 Å². The van der Waals surface area contributed by atoms with E-state index in [9.17, 15) is 0 Å². The lowest BCUT2D eigenvalue weighted by molar-refractivity contribution is 0.354. The number of ether oxygens (including phenoxy) is 2. The van der Waals surface area contributed by atoms with Gasteiger partial charge in [-0.15, -0.1) is 24.0 Å². The zero-order chi connectivity index (χ0) is 18.2. The number of nitrogens with one attached hydrogen (secondary N) is 1. The van der Waals surface area contributed by atoms with Crippen LogP contribution in [-0.4, -0.2) is 55.5 Å². The molecule has 2 rings (SSSR count). The molecule has 1 aromatic carbocycles. The molecule has 0 atom stereocenters. The molecule has 144 valence electrons. The van der Waals surface area contributed by atoms with E-state index in [1.165, 1.54) is 5.56 Å². The van der Waals surface area contributed by atoms with Gasteiger partial charge in [-0.05, 0) is 30.2 Å². The zero-order valence-electron chi connectivity index (χ0n) is 16.0. The van der Waals surface area contributed by atoms with Crippen LogP contribution in [0, 0.1) is 0 Å². The number of nitrogens with zero attached hydrogens (tertiary/aromatic N) is 4. The molecule has 0 spiro atoms. The van der Waals surface area contributed by atoms with Crippen LogP contribution in [0.2, 0.25) is 0 Å². The highest BCUT2D eigenvalue weighted by atomic mass is 127. The summed E-state index contributed by atoms with van der Waals surface area (Å²) in [4.78, 5) is 6.45. The standard InChI is InChI=1S/C18H27N5O2.HI/c1-19-18(20-13-15-8-10-21-23(15)3)22(2)11-9-14-6-7-16(24-4)17(12-14)25-5;/h6-8,10,12H,9,11,13H2,1-5H3,(H,19,20);1H. The van der Waals surface area contributed by atoms with E-state index in [0.717, 1.165) is 36.1 Å². The molecule has 0 unspecified atom stereocenters. The molecule has 0 bridgehead atoms. The van der Waals surface area contributed by atoms with Crippen LogP contribution in [-0.2, 0) is 20.0 Å². The minimum atomic E-state index is 0. The molecule has 1 N–H and O–H groups in total. The van der Waals surface area contributed by atoms with Crippen molar-refractivity contribution in [2.45, 2.75) is 13.0 Å². The van der Waals surface area contributed by atoms with Crippen LogP contribution in [0.15, 0.2) is 35.5 Å². The minimum Gasteiger partial charge on any atom is -0.493 e. The van der Waals surface area contributed by atoms with Gasteiger partial charge in [0.1, 0.15) is 0 Å². The molecule has 1 aromatic heterocycles. The number of halogens is 1. The van der Waals surface area contributed by atoms with Crippen LogP contribution >= 0.6 is 24.0 Å². The summed E-state index contributed by atoms with van der Waals surface area (Å²) in [6.45, 7) is 1.52. The Hall–Kier alpha value is -1.97. The summed E-state index contributed by atoms with van der Waals surface area (Å²) in [5.74, 6) is 2.34. The number of methoxy groups -OCH3 is 2. The Morgan fingerprint density at radius 2 is 1.96 bits per heavy atom. The number of rotatable bonds is 7. The predicted molar refractivity (Wildman–Crippen MR) is 115 cm³/mol. The van der Waals surface area contributed by atoms with Crippen LogP contribution in [0.4, 0.5) is 0 Å². The maximum absolute atomic E-state index is 5.36. The number of hydrogen-bond acceptors (Lipinski definition) is 4. The quantitative estimate of drug-likeness (QED) is 0.380. The van der Waals surface area contributed by atoms with Crippen molar-refractivity contribution in [2.75, 3.05) is 34.9 Å². The molecule has 0 amide bonds. The first-order valence-corrected chi connectivity index (χ1v) is 8.18. The fraction of sp³-hybridized carbons (Fsp3) is 0.444. The molecule has 0 saturated heterocycles. The molecule has 1 heterocycles. The van der Waals surface area contributed by atoms with Crippen molar-refractivity contribution in [1.29, 1.82) is 0 Å². The average Bonchev–Trinajstić information content (AvgIpc) is 3.05. The van der Waals surface area contributed by atoms with Crippen molar-refractivity contribution in [3.8, 4) is 11.5 Å². The van der Waals surface area contributed by atoms with Crippen LogP contribution in [0.3, 0.4) is 0 Å². The first-order chi connectivity index (χ1) is 12.1. The second-order valence-corrected chi connectivity index (χ2v) is 5.71. The fourth-order valence-corrected chi connectivity index (χ4v) is 2.57. The van der Waals surface area contributed by atoms with Gasteiger partial charge in [0.2, 0.25) is 0 Å². The highest BCUT2D eigenvalue weighted by molar-refractivity contribution is 14.0.